The van der Waals surface area contributed by atoms with Crippen LogP contribution in [-0.2, 0) is 14.3 Å². The van der Waals surface area contributed by atoms with Gasteiger partial charge in [0, 0.05) is 5.69 Å². The first kappa shape index (κ1) is 25.3. The minimum absolute atomic E-state index is 0.0140. The third-order valence-electron chi connectivity index (χ3n) is 5.05. The number of hydrogen-bond donors (Lipinski definition) is 1. The molecule has 0 radical (unpaired) electrons. The molecule has 7 nitrogen and oxygen atoms in total. The Morgan fingerprint density at radius 1 is 0.824 bits per heavy atom. The van der Waals surface area contributed by atoms with Gasteiger partial charge < -0.3 is 19.5 Å². The lowest BCUT2D eigenvalue weighted by molar-refractivity contribution is -0.137. The van der Waals surface area contributed by atoms with E-state index >= 15 is 0 Å². The van der Waals surface area contributed by atoms with Crippen LogP contribution < -0.4 is 14.8 Å². The fourth-order valence-corrected chi connectivity index (χ4v) is 3.51. The zero-order chi connectivity index (χ0) is 24.7. The van der Waals surface area contributed by atoms with Crippen LogP contribution in [0.4, 0.5) is 5.69 Å². The molecule has 0 aliphatic carbocycles. The summed E-state index contributed by atoms with van der Waals surface area (Å²) in [5.74, 6) is 0.738. The molecule has 7 heteroatoms. The zero-order valence-corrected chi connectivity index (χ0v) is 20.6. The lowest BCUT2D eigenvalue weighted by Crippen LogP contribution is -2.35. The van der Waals surface area contributed by atoms with Gasteiger partial charge >= 0.3 is 0 Å². The highest BCUT2D eigenvalue weighted by molar-refractivity contribution is 6.36. The average Bonchev–Trinajstić information content (AvgIpc) is 3.03. The number of imide groups is 1. The van der Waals surface area contributed by atoms with Crippen molar-refractivity contribution in [1.29, 1.82) is 0 Å². The van der Waals surface area contributed by atoms with Crippen molar-refractivity contribution in [3.63, 3.8) is 0 Å². The first-order chi connectivity index (χ1) is 16.3. The molecule has 1 aliphatic heterocycles. The topological polar surface area (TPSA) is 77.1 Å². The van der Waals surface area contributed by atoms with Crippen molar-refractivity contribution in [2.24, 2.45) is 0 Å². The SMILES string of the molecule is CCCOc1ccc(C2=C(Nc3ccc(OC(C)C)cc3)C(=O)N(CCOC(C)C)C2=O)cc1. The van der Waals surface area contributed by atoms with E-state index in [-0.39, 0.29) is 42.9 Å². The predicted molar refractivity (Wildman–Crippen MR) is 133 cm³/mol. The van der Waals surface area contributed by atoms with Crippen molar-refractivity contribution in [3.05, 3.63) is 59.8 Å². The number of hydrogen-bond acceptors (Lipinski definition) is 6. The second-order valence-corrected chi connectivity index (χ2v) is 8.62. The summed E-state index contributed by atoms with van der Waals surface area (Å²) in [5.41, 5.74) is 1.91. The smallest absolute Gasteiger partial charge is 0.278 e. The van der Waals surface area contributed by atoms with Crippen LogP contribution in [0.15, 0.2) is 54.2 Å². The summed E-state index contributed by atoms with van der Waals surface area (Å²) in [5, 5.41) is 3.17. The molecule has 2 amide bonds. The lowest BCUT2D eigenvalue weighted by Gasteiger charge is -2.16. The number of nitrogens with one attached hydrogen (secondary N) is 1. The first-order valence-corrected chi connectivity index (χ1v) is 11.8. The van der Waals surface area contributed by atoms with E-state index in [9.17, 15) is 9.59 Å². The summed E-state index contributed by atoms with van der Waals surface area (Å²) in [6, 6.07) is 14.6. The Hall–Kier alpha value is -3.32. The van der Waals surface area contributed by atoms with Gasteiger partial charge in [0.15, 0.2) is 0 Å². The molecule has 182 valence electrons. The van der Waals surface area contributed by atoms with E-state index in [1.807, 2.05) is 71.0 Å². The molecule has 0 fully saturated rings. The first-order valence-electron chi connectivity index (χ1n) is 11.8. The summed E-state index contributed by atoms with van der Waals surface area (Å²) in [6.45, 7) is 10.9. The largest absolute Gasteiger partial charge is 0.494 e. The van der Waals surface area contributed by atoms with E-state index in [0.717, 1.165) is 17.9 Å². The minimum Gasteiger partial charge on any atom is -0.494 e. The van der Waals surface area contributed by atoms with Gasteiger partial charge in [0.2, 0.25) is 0 Å². The van der Waals surface area contributed by atoms with Crippen molar-refractivity contribution in [3.8, 4) is 11.5 Å². The Bertz CT molecular complexity index is 1010. The number of ether oxygens (including phenoxy) is 3. The maximum absolute atomic E-state index is 13.3. The van der Waals surface area contributed by atoms with Gasteiger partial charge in [-0.15, -0.1) is 0 Å². The molecule has 1 N–H and O–H groups in total. The molecule has 2 aromatic rings. The molecule has 2 aromatic carbocycles. The molecule has 1 aliphatic rings. The number of benzene rings is 2. The molecule has 0 spiro atoms. The van der Waals surface area contributed by atoms with Crippen LogP contribution in [0.1, 0.15) is 46.6 Å². The Balaban J connectivity index is 1.89. The van der Waals surface area contributed by atoms with Gasteiger partial charge in [0.1, 0.15) is 17.2 Å². The molecule has 0 bridgehead atoms. The van der Waals surface area contributed by atoms with E-state index in [4.69, 9.17) is 14.2 Å². The van der Waals surface area contributed by atoms with E-state index in [0.29, 0.717) is 23.4 Å². The number of anilines is 1. The summed E-state index contributed by atoms with van der Waals surface area (Å²) in [6.07, 6.45) is 0.982. The third-order valence-corrected chi connectivity index (χ3v) is 5.05. The van der Waals surface area contributed by atoms with Crippen LogP contribution in [0, 0.1) is 0 Å². The van der Waals surface area contributed by atoms with Gasteiger partial charge in [-0.3, -0.25) is 14.5 Å². The zero-order valence-electron chi connectivity index (χ0n) is 20.6. The average molecular weight is 467 g/mol. The highest BCUT2D eigenvalue weighted by Gasteiger charge is 2.39. The monoisotopic (exact) mass is 466 g/mol. The van der Waals surface area contributed by atoms with Crippen LogP contribution in [0.3, 0.4) is 0 Å². The van der Waals surface area contributed by atoms with E-state index in [1.165, 1.54) is 4.90 Å². The summed E-state index contributed by atoms with van der Waals surface area (Å²) >= 11 is 0. The van der Waals surface area contributed by atoms with Gasteiger partial charge in [-0.05, 0) is 76.1 Å². The molecule has 3 rings (SSSR count). The standard InChI is InChI=1S/C27H34N2O5/c1-6-16-33-22-11-7-20(8-12-22)24-25(27(31)29(26(24)30)15-17-32-18(2)3)28-21-9-13-23(14-10-21)34-19(4)5/h7-14,18-19,28H,6,15-17H2,1-5H3. The number of nitrogens with zero attached hydrogens (tertiary/aromatic N) is 1. The molecular weight excluding hydrogens is 432 g/mol. The molecule has 0 saturated carbocycles. The van der Waals surface area contributed by atoms with Crippen molar-refractivity contribution in [2.45, 2.75) is 53.2 Å². The molecule has 0 saturated heterocycles. The highest BCUT2D eigenvalue weighted by Crippen LogP contribution is 2.32. The third kappa shape index (κ3) is 6.38. The highest BCUT2D eigenvalue weighted by atomic mass is 16.5. The van der Waals surface area contributed by atoms with E-state index < -0.39 is 0 Å². The molecule has 0 unspecified atom stereocenters. The lowest BCUT2D eigenvalue weighted by atomic mass is 10.0. The Morgan fingerprint density at radius 3 is 2.06 bits per heavy atom. The fraction of sp³-hybridized carbons (Fsp3) is 0.407. The van der Waals surface area contributed by atoms with E-state index in [1.54, 1.807) is 12.1 Å². The molecule has 1 heterocycles. The number of carbonyl (C=O) groups excluding carboxylic acids is 2. The molecule has 0 aromatic heterocycles. The van der Waals surface area contributed by atoms with Crippen LogP contribution in [0.25, 0.3) is 5.57 Å². The molecule has 0 atom stereocenters. The number of carbonyl (C=O) groups is 2. The van der Waals surface area contributed by atoms with Gasteiger partial charge in [-0.25, -0.2) is 0 Å². The van der Waals surface area contributed by atoms with Crippen molar-refractivity contribution in [2.75, 3.05) is 25.1 Å². The Kier molecular flexibility index (Phi) is 8.71. The minimum atomic E-state index is -0.374. The Morgan fingerprint density at radius 2 is 1.47 bits per heavy atom. The second kappa shape index (κ2) is 11.7. The summed E-state index contributed by atoms with van der Waals surface area (Å²) < 4.78 is 16.9. The molecule has 34 heavy (non-hydrogen) atoms. The normalized spacial score (nSPS) is 13.9. The van der Waals surface area contributed by atoms with Gasteiger partial charge in [-0.2, -0.15) is 0 Å². The quantitative estimate of drug-likeness (QED) is 0.449. The number of rotatable bonds is 12. The van der Waals surface area contributed by atoms with Gasteiger partial charge in [0.25, 0.3) is 11.8 Å². The van der Waals surface area contributed by atoms with Crippen LogP contribution >= 0.6 is 0 Å². The van der Waals surface area contributed by atoms with E-state index in [2.05, 4.69) is 5.32 Å². The maximum Gasteiger partial charge on any atom is 0.278 e. The fourth-order valence-electron chi connectivity index (χ4n) is 3.51. The van der Waals surface area contributed by atoms with Gasteiger partial charge in [0.05, 0.1) is 37.5 Å². The predicted octanol–water partition coefficient (Wildman–Crippen LogP) is 4.88. The Labute approximate surface area is 201 Å². The van der Waals surface area contributed by atoms with Crippen molar-refractivity contribution in [1.82, 2.24) is 4.90 Å². The van der Waals surface area contributed by atoms with Gasteiger partial charge in [-0.1, -0.05) is 19.1 Å². The number of amides is 2. The van der Waals surface area contributed by atoms with Crippen LogP contribution in [0.2, 0.25) is 0 Å². The van der Waals surface area contributed by atoms with Crippen molar-refractivity contribution >= 4 is 23.1 Å². The summed E-state index contributed by atoms with van der Waals surface area (Å²) in [7, 11) is 0. The second-order valence-electron chi connectivity index (χ2n) is 8.62. The van der Waals surface area contributed by atoms with Crippen LogP contribution in [-0.4, -0.2) is 48.7 Å². The molecular formula is C27H34N2O5. The van der Waals surface area contributed by atoms with Crippen LogP contribution in [0.5, 0.6) is 11.5 Å². The van der Waals surface area contributed by atoms with Crippen molar-refractivity contribution < 1.29 is 23.8 Å². The maximum atomic E-state index is 13.3. The summed E-state index contributed by atoms with van der Waals surface area (Å²) in [4.78, 5) is 27.8.